The molecule has 0 saturated heterocycles. The summed E-state index contributed by atoms with van der Waals surface area (Å²) in [6.07, 6.45) is 2.48. The van der Waals surface area contributed by atoms with Gasteiger partial charge in [-0.2, -0.15) is 5.26 Å². The number of anilines is 1. The number of rotatable bonds is 4. The van der Waals surface area contributed by atoms with Crippen molar-refractivity contribution < 1.29 is 9.90 Å². The van der Waals surface area contributed by atoms with E-state index in [0.29, 0.717) is 11.5 Å². The third kappa shape index (κ3) is 2.31. The highest BCUT2D eigenvalue weighted by molar-refractivity contribution is 5.89. The highest BCUT2D eigenvalue weighted by Gasteiger charge is 2.21. The zero-order chi connectivity index (χ0) is 11.5. The first-order valence-electron chi connectivity index (χ1n) is 5.22. The summed E-state index contributed by atoms with van der Waals surface area (Å²) in [6, 6.07) is 6.58. The van der Waals surface area contributed by atoms with Crippen molar-refractivity contribution in [2.75, 3.05) is 11.9 Å². The Morgan fingerprint density at radius 3 is 2.88 bits per heavy atom. The van der Waals surface area contributed by atoms with Gasteiger partial charge in [-0.1, -0.05) is 0 Å². The molecule has 2 N–H and O–H groups in total. The predicted molar refractivity (Wildman–Crippen MR) is 59.3 cm³/mol. The van der Waals surface area contributed by atoms with Crippen LogP contribution in [0.15, 0.2) is 18.2 Å². The number of carboxylic acids is 1. The van der Waals surface area contributed by atoms with Crippen LogP contribution in [0.25, 0.3) is 0 Å². The van der Waals surface area contributed by atoms with Crippen molar-refractivity contribution in [1.82, 2.24) is 0 Å². The standard InChI is InChI=1S/C12H12N2O2/c13-6-10-5-9(12(15)16)3-4-11(10)14-7-8-1-2-8/h3-5,8,14H,1-2,7H2,(H,15,16). The van der Waals surface area contributed by atoms with E-state index >= 15 is 0 Å². The van der Waals surface area contributed by atoms with Gasteiger partial charge in [-0.25, -0.2) is 4.79 Å². The minimum absolute atomic E-state index is 0.147. The SMILES string of the molecule is N#Cc1cc(C(=O)O)ccc1NCC1CC1. The maximum Gasteiger partial charge on any atom is 0.335 e. The Hall–Kier alpha value is -2.02. The lowest BCUT2D eigenvalue weighted by Crippen LogP contribution is -2.06. The van der Waals surface area contributed by atoms with E-state index in [2.05, 4.69) is 5.32 Å². The van der Waals surface area contributed by atoms with Gasteiger partial charge in [0.2, 0.25) is 0 Å². The minimum atomic E-state index is -1.01. The molecule has 0 amide bonds. The van der Waals surface area contributed by atoms with Gasteiger partial charge in [0.05, 0.1) is 16.8 Å². The van der Waals surface area contributed by atoms with Crippen LogP contribution in [0.2, 0.25) is 0 Å². The van der Waals surface area contributed by atoms with Gasteiger partial charge >= 0.3 is 5.97 Å². The van der Waals surface area contributed by atoms with Crippen molar-refractivity contribution in [2.45, 2.75) is 12.8 Å². The summed E-state index contributed by atoms with van der Waals surface area (Å²) in [4.78, 5) is 10.7. The fourth-order valence-corrected chi connectivity index (χ4v) is 1.50. The molecule has 16 heavy (non-hydrogen) atoms. The molecule has 0 heterocycles. The Balaban J connectivity index is 2.17. The van der Waals surface area contributed by atoms with E-state index in [-0.39, 0.29) is 5.56 Å². The number of nitrogens with one attached hydrogen (secondary N) is 1. The second-order valence-corrected chi connectivity index (χ2v) is 4.00. The van der Waals surface area contributed by atoms with E-state index in [1.54, 1.807) is 6.07 Å². The van der Waals surface area contributed by atoms with Crippen LogP contribution in [-0.2, 0) is 0 Å². The molecule has 4 heteroatoms. The summed E-state index contributed by atoms with van der Waals surface area (Å²) in [7, 11) is 0. The molecule has 1 aliphatic carbocycles. The molecule has 0 aliphatic heterocycles. The molecule has 1 saturated carbocycles. The number of benzene rings is 1. The Kier molecular flexibility index (Phi) is 2.78. The zero-order valence-electron chi connectivity index (χ0n) is 8.73. The van der Waals surface area contributed by atoms with E-state index in [1.807, 2.05) is 6.07 Å². The molecule has 0 spiro atoms. The fourth-order valence-electron chi connectivity index (χ4n) is 1.50. The van der Waals surface area contributed by atoms with Crippen LogP contribution >= 0.6 is 0 Å². The second-order valence-electron chi connectivity index (χ2n) is 4.00. The Morgan fingerprint density at radius 1 is 1.56 bits per heavy atom. The normalized spacial score (nSPS) is 14.2. The van der Waals surface area contributed by atoms with Crippen LogP contribution in [0.5, 0.6) is 0 Å². The van der Waals surface area contributed by atoms with Crippen LogP contribution < -0.4 is 5.32 Å². The molecule has 2 rings (SSSR count). The Bertz CT molecular complexity index is 459. The van der Waals surface area contributed by atoms with Crippen molar-refractivity contribution in [2.24, 2.45) is 5.92 Å². The number of hydrogen-bond acceptors (Lipinski definition) is 3. The molecule has 4 nitrogen and oxygen atoms in total. The van der Waals surface area contributed by atoms with E-state index < -0.39 is 5.97 Å². The lowest BCUT2D eigenvalue weighted by molar-refractivity contribution is 0.0697. The fraction of sp³-hybridized carbons (Fsp3) is 0.333. The summed E-state index contributed by atoms with van der Waals surface area (Å²) in [6.45, 7) is 0.862. The number of nitriles is 1. The summed E-state index contributed by atoms with van der Waals surface area (Å²) >= 11 is 0. The summed E-state index contributed by atoms with van der Waals surface area (Å²) in [5.41, 5.74) is 1.26. The molecular formula is C12H12N2O2. The molecule has 1 aromatic rings. The summed E-state index contributed by atoms with van der Waals surface area (Å²) in [5, 5.41) is 20.9. The van der Waals surface area contributed by atoms with Gasteiger partial charge in [0.15, 0.2) is 0 Å². The summed E-state index contributed by atoms with van der Waals surface area (Å²) < 4.78 is 0. The Morgan fingerprint density at radius 2 is 2.31 bits per heavy atom. The summed E-state index contributed by atoms with van der Waals surface area (Å²) in [5.74, 6) is -0.295. The molecule has 1 aromatic carbocycles. The van der Waals surface area contributed by atoms with Crippen molar-refractivity contribution in [3.05, 3.63) is 29.3 Å². The van der Waals surface area contributed by atoms with E-state index in [9.17, 15) is 4.79 Å². The molecule has 0 aromatic heterocycles. The number of carboxylic acid groups (broad SMARTS) is 1. The van der Waals surface area contributed by atoms with Crippen molar-refractivity contribution in [1.29, 1.82) is 5.26 Å². The lowest BCUT2D eigenvalue weighted by atomic mass is 10.1. The first kappa shape index (κ1) is 10.5. The van der Waals surface area contributed by atoms with Crippen LogP contribution in [0.4, 0.5) is 5.69 Å². The van der Waals surface area contributed by atoms with E-state index in [1.165, 1.54) is 25.0 Å². The van der Waals surface area contributed by atoms with Gasteiger partial charge in [-0.3, -0.25) is 0 Å². The van der Waals surface area contributed by atoms with Gasteiger partial charge in [-0.05, 0) is 37.0 Å². The monoisotopic (exact) mass is 216 g/mol. The molecule has 0 radical (unpaired) electrons. The van der Waals surface area contributed by atoms with Gasteiger partial charge in [0.1, 0.15) is 6.07 Å². The topological polar surface area (TPSA) is 73.1 Å². The number of aromatic carboxylic acids is 1. The van der Waals surface area contributed by atoms with Gasteiger partial charge in [0, 0.05) is 6.54 Å². The average molecular weight is 216 g/mol. The van der Waals surface area contributed by atoms with Crippen molar-refractivity contribution in [3.63, 3.8) is 0 Å². The molecule has 0 bridgehead atoms. The molecule has 0 unspecified atom stereocenters. The quantitative estimate of drug-likeness (QED) is 0.808. The number of carbonyl (C=O) groups is 1. The van der Waals surface area contributed by atoms with Gasteiger partial charge in [0.25, 0.3) is 0 Å². The highest BCUT2D eigenvalue weighted by Crippen LogP contribution is 2.29. The molecule has 0 atom stereocenters. The first-order chi connectivity index (χ1) is 7.70. The number of nitrogens with zero attached hydrogens (tertiary/aromatic N) is 1. The van der Waals surface area contributed by atoms with E-state index in [0.717, 1.165) is 12.2 Å². The molecule has 82 valence electrons. The van der Waals surface area contributed by atoms with Crippen LogP contribution in [0.3, 0.4) is 0 Å². The molecular weight excluding hydrogens is 204 g/mol. The number of hydrogen-bond donors (Lipinski definition) is 2. The largest absolute Gasteiger partial charge is 0.478 e. The molecule has 1 aliphatic rings. The predicted octanol–water partition coefficient (Wildman–Crippen LogP) is 2.08. The smallest absolute Gasteiger partial charge is 0.335 e. The van der Waals surface area contributed by atoms with Crippen LogP contribution in [0.1, 0.15) is 28.8 Å². The highest BCUT2D eigenvalue weighted by atomic mass is 16.4. The third-order valence-electron chi connectivity index (χ3n) is 2.67. The van der Waals surface area contributed by atoms with Crippen molar-refractivity contribution >= 4 is 11.7 Å². The van der Waals surface area contributed by atoms with E-state index in [4.69, 9.17) is 10.4 Å². The minimum Gasteiger partial charge on any atom is -0.478 e. The molecule has 1 fully saturated rings. The van der Waals surface area contributed by atoms with Crippen LogP contribution in [0, 0.1) is 17.2 Å². The first-order valence-corrected chi connectivity index (χ1v) is 5.22. The average Bonchev–Trinajstić information content (AvgIpc) is 3.09. The second kappa shape index (κ2) is 4.23. The maximum absolute atomic E-state index is 10.7. The maximum atomic E-state index is 10.7. The van der Waals surface area contributed by atoms with Gasteiger partial charge in [-0.15, -0.1) is 0 Å². The van der Waals surface area contributed by atoms with Crippen molar-refractivity contribution in [3.8, 4) is 6.07 Å². The lowest BCUT2D eigenvalue weighted by Gasteiger charge is -2.07. The van der Waals surface area contributed by atoms with Gasteiger partial charge < -0.3 is 10.4 Å². The Labute approximate surface area is 93.5 Å². The third-order valence-corrected chi connectivity index (χ3v) is 2.67. The van der Waals surface area contributed by atoms with Crippen LogP contribution in [-0.4, -0.2) is 17.6 Å². The zero-order valence-corrected chi connectivity index (χ0v) is 8.73.